The van der Waals surface area contributed by atoms with Gasteiger partial charge in [-0.3, -0.25) is 9.59 Å². The Morgan fingerprint density at radius 3 is 2.65 bits per heavy atom. The fourth-order valence-corrected chi connectivity index (χ4v) is 2.22. The van der Waals surface area contributed by atoms with Crippen molar-refractivity contribution < 1.29 is 9.59 Å². The maximum atomic E-state index is 12.0. The first-order chi connectivity index (χ1) is 8.06. The van der Waals surface area contributed by atoms with Crippen LogP contribution in [0.25, 0.3) is 0 Å². The Kier molecular flexibility index (Phi) is 5.45. The SMILES string of the molecule is CCC1CCCCN1C(=O)CNC(=O)C(C)C. The van der Waals surface area contributed by atoms with Crippen LogP contribution in [0.1, 0.15) is 46.5 Å². The Balaban J connectivity index is 2.42. The molecular weight excluding hydrogens is 216 g/mol. The van der Waals surface area contributed by atoms with Gasteiger partial charge in [0.05, 0.1) is 6.54 Å². The van der Waals surface area contributed by atoms with E-state index >= 15 is 0 Å². The molecule has 17 heavy (non-hydrogen) atoms. The zero-order valence-corrected chi connectivity index (χ0v) is 11.2. The van der Waals surface area contributed by atoms with Gasteiger partial charge < -0.3 is 10.2 Å². The highest BCUT2D eigenvalue weighted by molar-refractivity contribution is 5.85. The van der Waals surface area contributed by atoms with Gasteiger partial charge in [-0.05, 0) is 25.7 Å². The van der Waals surface area contributed by atoms with Gasteiger partial charge in [0.25, 0.3) is 0 Å². The molecule has 98 valence electrons. The lowest BCUT2D eigenvalue weighted by molar-refractivity contribution is -0.136. The highest BCUT2D eigenvalue weighted by Crippen LogP contribution is 2.19. The van der Waals surface area contributed by atoms with E-state index in [1.165, 1.54) is 6.42 Å². The third-order valence-corrected chi connectivity index (χ3v) is 3.36. The van der Waals surface area contributed by atoms with E-state index in [4.69, 9.17) is 0 Å². The monoisotopic (exact) mass is 240 g/mol. The Bertz CT molecular complexity index is 277. The van der Waals surface area contributed by atoms with Gasteiger partial charge in [0.1, 0.15) is 0 Å². The third kappa shape index (κ3) is 4.02. The average molecular weight is 240 g/mol. The number of likely N-dealkylation sites (tertiary alicyclic amines) is 1. The molecule has 0 bridgehead atoms. The van der Waals surface area contributed by atoms with Gasteiger partial charge in [0.2, 0.25) is 11.8 Å². The molecule has 1 saturated heterocycles. The van der Waals surface area contributed by atoms with Gasteiger partial charge in [0, 0.05) is 18.5 Å². The molecule has 1 unspecified atom stereocenters. The van der Waals surface area contributed by atoms with Crippen LogP contribution in [-0.4, -0.2) is 35.8 Å². The predicted octanol–water partition coefficient (Wildman–Crippen LogP) is 1.55. The Hall–Kier alpha value is -1.06. The predicted molar refractivity (Wildman–Crippen MR) is 67.5 cm³/mol. The number of nitrogens with one attached hydrogen (secondary N) is 1. The normalized spacial score (nSPS) is 20.5. The highest BCUT2D eigenvalue weighted by atomic mass is 16.2. The lowest BCUT2D eigenvalue weighted by atomic mass is 10.00. The Labute approximate surface area is 104 Å². The second-order valence-electron chi connectivity index (χ2n) is 5.02. The van der Waals surface area contributed by atoms with Crippen LogP contribution in [-0.2, 0) is 9.59 Å². The van der Waals surface area contributed by atoms with E-state index in [0.29, 0.717) is 6.04 Å². The van der Waals surface area contributed by atoms with E-state index in [0.717, 1.165) is 25.8 Å². The van der Waals surface area contributed by atoms with Gasteiger partial charge in [-0.1, -0.05) is 20.8 Å². The summed E-state index contributed by atoms with van der Waals surface area (Å²) in [6.45, 7) is 6.76. The number of rotatable bonds is 4. The summed E-state index contributed by atoms with van der Waals surface area (Å²) in [5.74, 6) is -0.0555. The molecule has 0 spiro atoms. The number of hydrogen-bond acceptors (Lipinski definition) is 2. The number of carbonyl (C=O) groups is 2. The smallest absolute Gasteiger partial charge is 0.242 e. The largest absolute Gasteiger partial charge is 0.347 e. The van der Waals surface area contributed by atoms with Crippen molar-refractivity contribution in [2.24, 2.45) is 5.92 Å². The number of piperidine rings is 1. The van der Waals surface area contributed by atoms with Crippen LogP contribution in [0.3, 0.4) is 0 Å². The van der Waals surface area contributed by atoms with Crippen molar-refractivity contribution in [1.29, 1.82) is 0 Å². The van der Waals surface area contributed by atoms with Crippen LogP contribution >= 0.6 is 0 Å². The first-order valence-electron chi connectivity index (χ1n) is 6.63. The second-order valence-corrected chi connectivity index (χ2v) is 5.02. The van der Waals surface area contributed by atoms with Gasteiger partial charge in [0.15, 0.2) is 0 Å². The summed E-state index contributed by atoms with van der Waals surface area (Å²) < 4.78 is 0. The second kappa shape index (κ2) is 6.62. The summed E-state index contributed by atoms with van der Waals surface area (Å²) in [6, 6.07) is 0.368. The quantitative estimate of drug-likeness (QED) is 0.810. The van der Waals surface area contributed by atoms with Crippen LogP contribution in [0, 0.1) is 5.92 Å². The van der Waals surface area contributed by atoms with E-state index in [9.17, 15) is 9.59 Å². The molecule has 0 radical (unpaired) electrons. The molecule has 0 aliphatic carbocycles. The molecule has 1 N–H and O–H groups in total. The first-order valence-corrected chi connectivity index (χ1v) is 6.63. The zero-order valence-electron chi connectivity index (χ0n) is 11.2. The summed E-state index contributed by atoms with van der Waals surface area (Å²) in [4.78, 5) is 25.3. The molecule has 0 aromatic rings. The summed E-state index contributed by atoms with van der Waals surface area (Å²) in [5, 5.41) is 2.69. The minimum absolute atomic E-state index is 0.0524. The fourth-order valence-electron chi connectivity index (χ4n) is 2.22. The number of amides is 2. The van der Waals surface area contributed by atoms with Crippen molar-refractivity contribution >= 4 is 11.8 Å². The minimum atomic E-state index is -0.0638. The van der Waals surface area contributed by atoms with Crippen molar-refractivity contribution in [3.05, 3.63) is 0 Å². The Morgan fingerprint density at radius 2 is 2.06 bits per heavy atom. The van der Waals surface area contributed by atoms with E-state index in [1.807, 2.05) is 18.7 Å². The van der Waals surface area contributed by atoms with Gasteiger partial charge in [-0.25, -0.2) is 0 Å². The van der Waals surface area contributed by atoms with Crippen LogP contribution < -0.4 is 5.32 Å². The summed E-state index contributed by atoms with van der Waals surface area (Å²) >= 11 is 0. The molecule has 0 aromatic carbocycles. The maximum Gasteiger partial charge on any atom is 0.242 e. The van der Waals surface area contributed by atoms with Gasteiger partial charge in [-0.2, -0.15) is 0 Å². The minimum Gasteiger partial charge on any atom is -0.347 e. The molecule has 1 aliphatic heterocycles. The van der Waals surface area contributed by atoms with Crippen LogP contribution in [0.4, 0.5) is 0 Å². The Morgan fingerprint density at radius 1 is 1.35 bits per heavy atom. The summed E-state index contributed by atoms with van der Waals surface area (Å²) in [7, 11) is 0. The lowest BCUT2D eigenvalue weighted by Gasteiger charge is -2.35. The van der Waals surface area contributed by atoms with Crippen molar-refractivity contribution in [3.8, 4) is 0 Å². The molecule has 4 nitrogen and oxygen atoms in total. The van der Waals surface area contributed by atoms with Crippen molar-refractivity contribution in [3.63, 3.8) is 0 Å². The molecule has 0 saturated carbocycles. The van der Waals surface area contributed by atoms with Crippen molar-refractivity contribution in [1.82, 2.24) is 10.2 Å². The van der Waals surface area contributed by atoms with E-state index < -0.39 is 0 Å². The standard InChI is InChI=1S/C13H24N2O2/c1-4-11-7-5-6-8-15(11)12(16)9-14-13(17)10(2)3/h10-11H,4-9H2,1-3H3,(H,14,17). The van der Waals surface area contributed by atoms with Crippen LogP contribution in [0.15, 0.2) is 0 Å². The highest BCUT2D eigenvalue weighted by Gasteiger charge is 2.25. The van der Waals surface area contributed by atoms with E-state index in [-0.39, 0.29) is 24.3 Å². The number of carbonyl (C=O) groups excluding carboxylic acids is 2. The van der Waals surface area contributed by atoms with Gasteiger partial charge in [-0.15, -0.1) is 0 Å². The van der Waals surface area contributed by atoms with Crippen molar-refractivity contribution in [2.45, 2.75) is 52.5 Å². The van der Waals surface area contributed by atoms with Crippen LogP contribution in [0.2, 0.25) is 0 Å². The van der Waals surface area contributed by atoms with E-state index in [1.54, 1.807) is 0 Å². The topological polar surface area (TPSA) is 49.4 Å². The molecule has 1 rings (SSSR count). The fraction of sp³-hybridized carbons (Fsp3) is 0.846. The molecule has 1 heterocycles. The van der Waals surface area contributed by atoms with Crippen LogP contribution in [0.5, 0.6) is 0 Å². The average Bonchev–Trinajstić information content (AvgIpc) is 2.35. The third-order valence-electron chi connectivity index (χ3n) is 3.36. The first kappa shape index (κ1) is 14.0. The zero-order chi connectivity index (χ0) is 12.8. The summed E-state index contributed by atoms with van der Waals surface area (Å²) in [6.07, 6.45) is 4.39. The molecule has 2 amide bonds. The van der Waals surface area contributed by atoms with Crippen molar-refractivity contribution in [2.75, 3.05) is 13.1 Å². The molecule has 4 heteroatoms. The molecule has 1 atom stereocenters. The number of nitrogens with zero attached hydrogens (tertiary/aromatic N) is 1. The lowest BCUT2D eigenvalue weighted by Crippen LogP contribution is -2.48. The molecule has 1 fully saturated rings. The van der Waals surface area contributed by atoms with E-state index in [2.05, 4.69) is 12.2 Å². The molecule has 1 aliphatic rings. The number of hydrogen-bond donors (Lipinski definition) is 1. The summed E-state index contributed by atoms with van der Waals surface area (Å²) in [5.41, 5.74) is 0. The molecular formula is C13H24N2O2. The maximum absolute atomic E-state index is 12.0. The molecule has 0 aromatic heterocycles. The van der Waals surface area contributed by atoms with Gasteiger partial charge >= 0.3 is 0 Å².